The minimum Gasteiger partial charge on any atom is -0.486 e. The van der Waals surface area contributed by atoms with Gasteiger partial charge in [0.15, 0.2) is 0 Å². The molecule has 0 bridgehead atoms. The normalized spacial score (nSPS) is 14.4. The molecule has 3 amide bonds. The first-order valence-electron chi connectivity index (χ1n) is 11.5. The van der Waals surface area contributed by atoms with Crippen LogP contribution in [0.4, 0.5) is 10.5 Å². The van der Waals surface area contributed by atoms with Crippen LogP contribution < -0.4 is 10.1 Å². The SMILES string of the molecule is Cc1cc(C)c(NC(=O)CN2C(=O)S/C(=C/c3cc(Br)c(OCc4ccccc4Cl)c(Br)c3)C2=O)c(C)c1. The number of thioether (sulfide) groups is 1. The van der Waals surface area contributed by atoms with Crippen molar-refractivity contribution in [3.63, 3.8) is 0 Å². The summed E-state index contributed by atoms with van der Waals surface area (Å²) in [7, 11) is 0. The smallest absolute Gasteiger partial charge is 0.294 e. The van der Waals surface area contributed by atoms with Crippen LogP contribution >= 0.6 is 55.2 Å². The van der Waals surface area contributed by atoms with E-state index in [1.54, 1.807) is 24.3 Å². The second-order valence-electron chi connectivity index (χ2n) is 8.78. The number of nitrogens with zero attached hydrogens (tertiary/aromatic N) is 1. The first-order chi connectivity index (χ1) is 18.0. The van der Waals surface area contributed by atoms with Crippen LogP contribution in [0.5, 0.6) is 5.75 Å². The summed E-state index contributed by atoms with van der Waals surface area (Å²) in [5, 5.41) is 2.96. The summed E-state index contributed by atoms with van der Waals surface area (Å²) in [6, 6.07) is 14.9. The number of benzene rings is 3. The number of rotatable bonds is 7. The second-order valence-corrected chi connectivity index (χ2v) is 11.9. The van der Waals surface area contributed by atoms with Gasteiger partial charge in [-0.15, -0.1) is 0 Å². The van der Waals surface area contributed by atoms with Crippen LogP contribution in [0.3, 0.4) is 0 Å². The molecule has 1 N–H and O–H groups in total. The molecule has 6 nitrogen and oxygen atoms in total. The molecule has 0 aromatic heterocycles. The van der Waals surface area contributed by atoms with Crippen LogP contribution in [0, 0.1) is 20.8 Å². The topological polar surface area (TPSA) is 75.7 Å². The fourth-order valence-corrected chi connectivity index (χ4v) is 6.53. The summed E-state index contributed by atoms with van der Waals surface area (Å²) in [5.74, 6) is -0.374. The fourth-order valence-electron chi connectivity index (χ4n) is 4.05. The maximum absolute atomic E-state index is 13.0. The standard InChI is InChI=1S/C28H23Br2ClN2O4S/c1-15-8-16(2)25(17(3)9-15)32-24(34)13-33-27(35)23(38-28(33)36)12-18-10-20(29)26(21(30)11-18)37-14-19-6-4-5-7-22(19)31/h4-12H,13-14H2,1-3H3,(H,32,34)/b23-12+. The Hall–Kier alpha value is -2.59. The summed E-state index contributed by atoms with van der Waals surface area (Å²) in [6.45, 7) is 5.70. The quantitative estimate of drug-likeness (QED) is 0.256. The number of anilines is 1. The first-order valence-corrected chi connectivity index (χ1v) is 14.3. The Labute approximate surface area is 247 Å². The number of hydrogen-bond acceptors (Lipinski definition) is 5. The molecule has 0 atom stereocenters. The number of ether oxygens (including phenoxy) is 1. The van der Waals surface area contributed by atoms with Crippen LogP contribution in [0.2, 0.25) is 5.02 Å². The molecule has 1 aliphatic rings. The number of aryl methyl sites for hydroxylation is 3. The summed E-state index contributed by atoms with van der Waals surface area (Å²) in [4.78, 5) is 39.5. The molecule has 0 saturated carbocycles. The van der Waals surface area contributed by atoms with Crippen molar-refractivity contribution >= 4 is 84.0 Å². The monoisotopic (exact) mass is 676 g/mol. The van der Waals surface area contributed by atoms with Gasteiger partial charge in [0.2, 0.25) is 5.91 Å². The van der Waals surface area contributed by atoms with E-state index in [-0.39, 0.29) is 18.1 Å². The van der Waals surface area contributed by atoms with Gasteiger partial charge in [-0.05, 0) is 105 Å². The van der Waals surface area contributed by atoms with Crippen LogP contribution in [-0.4, -0.2) is 28.5 Å². The lowest BCUT2D eigenvalue weighted by Gasteiger charge is -2.16. The molecule has 38 heavy (non-hydrogen) atoms. The predicted molar refractivity (Wildman–Crippen MR) is 160 cm³/mol. The summed E-state index contributed by atoms with van der Waals surface area (Å²) >= 11 is 14.1. The maximum Gasteiger partial charge on any atom is 0.294 e. The van der Waals surface area contributed by atoms with Crippen LogP contribution in [0.15, 0.2) is 62.4 Å². The number of carbonyl (C=O) groups is 3. The van der Waals surface area contributed by atoms with Gasteiger partial charge in [-0.25, -0.2) is 0 Å². The van der Waals surface area contributed by atoms with E-state index in [0.29, 0.717) is 31.0 Å². The second kappa shape index (κ2) is 12.1. The number of amides is 3. The van der Waals surface area contributed by atoms with E-state index in [2.05, 4.69) is 37.2 Å². The summed E-state index contributed by atoms with van der Waals surface area (Å²) in [6.07, 6.45) is 1.62. The molecule has 4 rings (SSSR count). The van der Waals surface area contributed by atoms with Crippen LogP contribution in [-0.2, 0) is 16.2 Å². The van der Waals surface area contributed by atoms with Crippen LogP contribution in [0.25, 0.3) is 6.08 Å². The van der Waals surface area contributed by atoms with E-state index in [9.17, 15) is 14.4 Å². The lowest BCUT2D eigenvalue weighted by atomic mass is 10.1. The molecule has 10 heteroatoms. The molecule has 3 aromatic carbocycles. The van der Waals surface area contributed by atoms with E-state index in [1.165, 1.54) is 0 Å². The van der Waals surface area contributed by atoms with E-state index >= 15 is 0 Å². The van der Waals surface area contributed by atoms with Gasteiger partial charge in [-0.2, -0.15) is 0 Å². The number of halogens is 3. The van der Waals surface area contributed by atoms with Gasteiger partial charge in [0.25, 0.3) is 11.1 Å². The van der Waals surface area contributed by atoms with Gasteiger partial charge in [-0.1, -0.05) is 47.5 Å². The Morgan fingerprint density at radius 1 is 1.05 bits per heavy atom. The van der Waals surface area contributed by atoms with E-state index in [1.807, 2.05) is 51.1 Å². The van der Waals surface area contributed by atoms with Gasteiger partial charge in [0.1, 0.15) is 18.9 Å². The Balaban J connectivity index is 1.46. The molecule has 0 unspecified atom stereocenters. The fraction of sp³-hybridized carbons (Fsp3) is 0.179. The van der Waals surface area contributed by atoms with Crippen LogP contribution in [0.1, 0.15) is 27.8 Å². The third kappa shape index (κ3) is 6.51. The Morgan fingerprint density at radius 3 is 2.32 bits per heavy atom. The van der Waals surface area contributed by atoms with Crippen molar-refractivity contribution in [2.75, 3.05) is 11.9 Å². The minimum atomic E-state index is -0.515. The van der Waals surface area contributed by atoms with Crippen molar-refractivity contribution in [1.29, 1.82) is 0 Å². The Morgan fingerprint density at radius 2 is 1.68 bits per heavy atom. The molecular weight excluding hydrogens is 656 g/mol. The number of hydrogen-bond donors (Lipinski definition) is 1. The number of imide groups is 1. The molecule has 1 fully saturated rings. The highest BCUT2D eigenvalue weighted by atomic mass is 79.9. The third-order valence-electron chi connectivity index (χ3n) is 5.76. The minimum absolute atomic E-state index is 0.231. The Kier molecular flexibility index (Phi) is 9.03. The molecule has 0 aliphatic carbocycles. The highest BCUT2D eigenvalue weighted by Gasteiger charge is 2.36. The molecule has 196 valence electrons. The third-order valence-corrected chi connectivity index (χ3v) is 8.22. The molecular formula is C28H23Br2ClN2O4S. The molecule has 1 heterocycles. The summed E-state index contributed by atoms with van der Waals surface area (Å²) in [5.41, 5.74) is 5.14. The van der Waals surface area contributed by atoms with Crippen molar-refractivity contribution in [2.45, 2.75) is 27.4 Å². The predicted octanol–water partition coefficient (Wildman–Crippen LogP) is 8.04. The maximum atomic E-state index is 13.0. The van der Waals surface area contributed by atoms with Gasteiger partial charge in [0, 0.05) is 16.3 Å². The van der Waals surface area contributed by atoms with Gasteiger partial charge >= 0.3 is 0 Å². The van der Waals surface area contributed by atoms with Crippen molar-refractivity contribution in [2.24, 2.45) is 0 Å². The summed E-state index contributed by atoms with van der Waals surface area (Å²) < 4.78 is 7.27. The average molecular weight is 679 g/mol. The largest absolute Gasteiger partial charge is 0.486 e. The first kappa shape index (κ1) is 28.4. The van der Waals surface area contributed by atoms with E-state index in [0.717, 1.165) is 38.9 Å². The van der Waals surface area contributed by atoms with E-state index < -0.39 is 17.1 Å². The van der Waals surface area contributed by atoms with Gasteiger partial charge < -0.3 is 10.1 Å². The van der Waals surface area contributed by atoms with Crippen molar-refractivity contribution < 1.29 is 19.1 Å². The zero-order valence-electron chi connectivity index (χ0n) is 20.7. The highest BCUT2D eigenvalue weighted by molar-refractivity contribution is 9.11. The lowest BCUT2D eigenvalue weighted by molar-refractivity contribution is -0.127. The average Bonchev–Trinajstić information content (AvgIpc) is 3.09. The van der Waals surface area contributed by atoms with Crippen molar-refractivity contribution in [1.82, 2.24) is 4.90 Å². The van der Waals surface area contributed by atoms with Crippen molar-refractivity contribution in [3.8, 4) is 5.75 Å². The van der Waals surface area contributed by atoms with Gasteiger partial charge in [-0.3, -0.25) is 19.3 Å². The zero-order valence-corrected chi connectivity index (χ0v) is 25.5. The zero-order chi connectivity index (χ0) is 27.6. The Bertz CT molecular complexity index is 1450. The van der Waals surface area contributed by atoms with Crippen molar-refractivity contribution in [3.05, 3.63) is 95.2 Å². The molecule has 3 aromatic rings. The van der Waals surface area contributed by atoms with E-state index in [4.69, 9.17) is 16.3 Å². The molecule has 1 saturated heterocycles. The van der Waals surface area contributed by atoms with Gasteiger partial charge in [0.05, 0.1) is 13.9 Å². The molecule has 0 radical (unpaired) electrons. The highest BCUT2D eigenvalue weighted by Crippen LogP contribution is 2.38. The number of nitrogens with one attached hydrogen (secondary N) is 1. The lowest BCUT2D eigenvalue weighted by Crippen LogP contribution is -2.36. The number of carbonyl (C=O) groups excluding carboxylic acids is 3. The molecule has 1 aliphatic heterocycles. The molecule has 0 spiro atoms.